The molecule has 7 nitrogen and oxygen atoms in total. The highest BCUT2D eigenvalue weighted by molar-refractivity contribution is 7.13. The van der Waals surface area contributed by atoms with Gasteiger partial charge in [0.15, 0.2) is 0 Å². The number of piperazine rings is 1. The Bertz CT molecular complexity index is 977. The second-order valence-corrected chi connectivity index (χ2v) is 8.32. The number of nitrogens with zero attached hydrogens (tertiary/aromatic N) is 4. The summed E-state index contributed by atoms with van der Waals surface area (Å²) in [6, 6.07) is 12.3. The van der Waals surface area contributed by atoms with E-state index in [1.54, 1.807) is 23.1 Å². The Labute approximate surface area is 180 Å². The van der Waals surface area contributed by atoms with Crippen LogP contribution < -0.4 is 15.4 Å². The van der Waals surface area contributed by atoms with E-state index in [-0.39, 0.29) is 12.5 Å². The molecule has 158 valence electrons. The minimum Gasteiger partial charge on any atom is -0.495 e. The number of primary amides is 1. The number of hydrogen-bond acceptors (Lipinski definition) is 6. The van der Waals surface area contributed by atoms with Gasteiger partial charge in [-0.2, -0.15) is 5.10 Å². The van der Waals surface area contributed by atoms with Crippen LogP contribution in [0, 0.1) is 0 Å². The molecule has 30 heavy (non-hydrogen) atoms. The van der Waals surface area contributed by atoms with Gasteiger partial charge in [0.2, 0.25) is 5.91 Å². The van der Waals surface area contributed by atoms with Crippen molar-refractivity contribution in [1.82, 2.24) is 14.7 Å². The second kappa shape index (κ2) is 9.32. The van der Waals surface area contributed by atoms with Crippen LogP contribution >= 0.6 is 11.3 Å². The fourth-order valence-electron chi connectivity index (χ4n) is 3.96. The van der Waals surface area contributed by atoms with Gasteiger partial charge in [0, 0.05) is 38.3 Å². The smallest absolute Gasteiger partial charge is 0.239 e. The maximum atomic E-state index is 11.4. The summed E-state index contributed by atoms with van der Waals surface area (Å²) in [6.45, 7) is 5.01. The molecule has 2 N–H and O–H groups in total. The molecule has 0 bridgehead atoms. The first kappa shape index (κ1) is 20.4. The molecule has 1 amide bonds. The van der Waals surface area contributed by atoms with E-state index in [4.69, 9.17) is 10.5 Å². The highest BCUT2D eigenvalue weighted by atomic mass is 32.1. The van der Waals surface area contributed by atoms with Crippen molar-refractivity contribution in [3.8, 4) is 16.3 Å². The van der Waals surface area contributed by atoms with Crippen molar-refractivity contribution in [2.45, 2.75) is 13.0 Å². The lowest BCUT2D eigenvalue weighted by atomic mass is 10.1. The van der Waals surface area contributed by atoms with E-state index in [2.05, 4.69) is 33.1 Å². The van der Waals surface area contributed by atoms with Crippen LogP contribution in [0.1, 0.15) is 5.56 Å². The monoisotopic (exact) mass is 425 g/mol. The van der Waals surface area contributed by atoms with E-state index < -0.39 is 0 Å². The maximum Gasteiger partial charge on any atom is 0.239 e. The summed E-state index contributed by atoms with van der Waals surface area (Å²) in [5.74, 6) is 0.545. The Morgan fingerprint density at radius 3 is 2.67 bits per heavy atom. The molecule has 1 aromatic carbocycles. The van der Waals surface area contributed by atoms with Crippen LogP contribution in [0.15, 0.2) is 48.0 Å². The van der Waals surface area contributed by atoms with Crippen LogP contribution in [0.4, 0.5) is 5.69 Å². The van der Waals surface area contributed by atoms with Gasteiger partial charge in [0.05, 0.1) is 29.6 Å². The highest BCUT2D eigenvalue weighted by Gasteiger charge is 2.21. The van der Waals surface area contributed by atoms with Gasteiger partial charge in [-0.3, -0.25) is 14.4 Å². The van der Waals surface area contributed by atoms with E-state index in [9.17, 15) is 4.79 Å². The lowest BCUT2D eigenvalue weighted by Gasteiger charge is -2.36. The molecule has 3 aromatic rings. The summed E-state index contributed by atoms with van der Waals surface area (Å²) in [5.41, 5.74) is 8.74. The van der Waals surface area contributed by atoms with Gasteiger partial charge in [-0.25, -0.2) is 0 Å². The van der Waals surface area contributed by atoms with Crippen LogP contribution in [0.5, 0.6) is 5.75 Å². The van der Waals surface area contributed by atoms with Crippen molar-refractivity contribution in [3.63, 3.8) is 0 Å². The first-order chi connectivity index (χ1) is 14.7. The summed E-state index contributed by atoms with van der Waals surface area (Å²) < 4.78 is 7.24. The largest absolute Gasteiger partial charge is 0.495 e. The van der Waals surface area contributed by atoms with Crippen LogP contribution in [0.25, 0.3) is 10.6 Å². The standard InChI is InChI=1S/C22H27N5O2S/c1-29-19-6-3-2-5-18(19)26-12-10-25(11-13-26)9-8-17-15-24-27(16-21(23)28)22(17)20-7-4-14-30-20/h2-7,14-15H,8-13,16H2,1H3,(H2,23,28). The molecule has 0 unspecified atom stereocenters. The van der Waals surface area contributed by atoms with Crippen LogP contribution in [0.3, 0.4) is 0 Å². The average Bonchev–Trinajstić information content (AvgIpc) is 3.42. The fourth-order valence-corrected chi connectivity index (χ4v) is 4.76. The minimum absolute atomic E-state index is 0.102. The van der Waals surface area contributed by atoms with E-state index in [1.165, 1.54) is 0 Å². The van der Waals surface area contributed by atoms with Crippen molar-refractivity contribution in [3.05, 3.63) is 53.5 Å². The molecule has 0 radical (unpaired) electrons. The summed E-state index contributed by atoms with van der Waals surface area (Å²) in [5, 5.41) is 6.47. The first-order valence-corrected chi connectivity index (χ1v) is 11.0. The van der Waals surface area contributed by atoms with Gasteiger partial charge in [0.1, 0.15) is 12.3 Å². The van der Waals surface area contributed by atoms with E-state index in [1.807, 2.05) is 29.8 Å². The molecule has 1 aliphatic heterocycles. The summed E-state index contributed by atoms with van der Waals surface area (Å²) in [4.78, 5) is 17.4. The van der Waals surface area contributed by atoms with Gasteiger partial charge < -0.3 is 15.4 Å². The maximum absolute atomic E-state index is 11.4. The number of ether oxygens (including phenoxy) is 1. The molecule has 2 aromatic heterocycles. The zero-order valence-electron chi connectivity index (χ0n) is 17.2. The SMILES string of the molecule is COc1ccccc1N1CCN(CCc2cnn(CC(N)=O)c2-c2cccs2)CC1. The quantitative estimate of drug-likeness (QED) is 0.600. The fraction of sp³-hybridized carbons (Fsp3) is 0.364. The summed E-state index contributed by atoms with van der Waals surface area (Å²) >= 11 is 1.65. The molecule has 0 saturated carbocycles. The Kier molecular flexibility index (Phi) is 6.35. The first-order valence-electron chi connectivity index (χ1n) is 10.1. The van der Waals surface area contributed by atoms with E-state index in [0.717, 1.165) is 66.7 Å². The zero-order valence-corrected chi connectivity index (χ0v) is 18.0. The predicted octanol–water partition coefficient (Wildman–Crippen LogP) is 2.47. The molecule has 4 rings (SSSR count). The number of anilines is 1. The number of nitrogens with two attached hydrogens (primary N) is 1. The number of benzene rings is 1. The van der Waals surface area contributed by atoms with Gasteiger partial charge >= 0.3 is 0 Å². The van der Waals surface area contributed by atoms with Gasteiger partial charge in [-0.1, -0.05) is 18.2 Å². The molecule has 0 aliphatic carbocycles. The van der Waals surface area contributed by atoms with Crippen LogP contribution in [0.2, 0.25) is 0 Å². The Morgan fingerprint density at radius 2 is 1.97 bits per heavy atom. The number of para-hydroxylation sites is 2. The molecular weight excluding hydrogens is 398 g/mol. The predicted molar refractivity (Wildman–Crippen MR) is 120 cm³/mol. The van der Waals surface area contributed by atoms with E-state index in [0.29, 0.717) is 0 Å². The lowest BCUT2D eigenvalue weighted by Crippen LogP contribution is -2.47. The summed E-state index contributed by atoms with van der Waals surface area (Å²) in [7, 11) is 1.72. The lowest BCUT2D eigenvalue weighted by molar-refractivity contribution is -0.118. The number of methoxy groups -OCH3 is 1. The molecule has 0 spiro atoms. The molecule has 1 aliphatic rings. The van der Waals surface area contributed by atoms with E-state index >= 15 is 0 Å². The minimum atomic E-state index is -0.380. The number of hydrogen-bond donors (Lipinski definition) is 1. The Balaban J connectivity index is 1.39. The number of thiophene rings is 1. The topological polar surface area (TPSA) is 76.6 Å². The molecule has 1 saturated heterocycles. The number of aromatic nitrogens is 2. The Hall–Kier alpha value is -2.84. The number of rotatable bonds is 8. The van der Waals surface area contributed by atoms with Crippen molar-refractivity contribution in [2.75, 3.05) is 44.7 Å². The molecule has 0 atom stereocenters. The van der Waals surface area contributed by atoms with Gasteiger partial charge in [0.25, 0.3) is 0 Å². The van der Waals surface area contributed by atoms with Crippen molar-refractivity contribution >= 4 is 22.9 Å². The second-order valence-electron chi connectivity index (χ2n) is 7.37. The van der Waals surface area contributed by atoms with Gasteiger partial charge in [-0.05, 0) is 30.0 Å². The van der Waals surface area contributed by atoms with Crippen molar-refractivity contribution in [1.29, 1.82) is 0 Å². The third-order valence-electron chi connectivity index (χ3n) is 5.47. The number of carbonyl (C=O) groups excluding carboxylic acids is 1. The normalized spacial score (nSPS) is 14.8. The molecule has 3 heterocycles. The van der Waals surface area contributed by atoms with Gasteiger partial charge in [-0.15, -0.1) is 11.3 Å². The molecule has 8 heteroatoms. The number of amides is 1. The number of carbonyl (C=O) groups is 1. The molecular formula is C22H27N5O2S. The molecule has 1 fully saturated rings. The third-order valence-corrected chi connectivity index (χ3v) is 6.35. The summed E-state index contributed by atoms with van der Waals surface area (Å²) in [6.07, 6.45) is 2.77. The van der Waals surface area contributed by atoms with Crippen molar-refractivity contribution in [2.24, 2.45) is 5.73 Å². The Morgan fingerprint density at radius 1 is 1.17 bits per heavy atom. The average molecular weight is 426 g/mol. The third kappa shape index (κ3) is 4.49. The van der Waals surface area contributed by atoms with Crippen LogP contribution in [-0.4, -0.2) is 60.4 Å². The van der Waals surface area contributed by atoms with Crippen LogP contribution in [-0.2, 0) is 17.8 Å². The zero-order chi connectivity index (χ0) is 20.9. The van der Waals surface area contributed by atoms with Crippen molar-refractivity contribution < 1.29 is 9.53 Å². The highest BCUT2D eigenvalue weighted by Crippen LogP contribution is 2.30.